The highest BCUT2D eigenvalue weighted by atomic mass is 79.9. The zero-order valence-electron chi connectivity index (χ0n) is 13.2. The molecule has 2 aromatic heterocycles. The molecule has 1 N–H and O–H groups in total. The first-order valence-corrected chi connectivity index (χ1v) is 8.37. The van der Waals surface area contributed by atoms with Crippen LogP contribution in [0.15, 0.2) is 69.8 Å². The molecule has 26 heavy (non-hydrogen) atoms. The van der Waals surface area contributed by atoms with E-state index in [-0.39, 0.29) is 11.7 Å². The summed E-state index contributed by atoms with van der Waals surface area (Å²) in [5, 5.41) is 14.5. The molecule has 4 rings (SSSR count). The first-order chi connectivity index (χ1) is 12.7. The zero-order valence-corrected chi connectivity index (χ0v) is 14.8. The first kappa shape index (κ1) is 16.2. The molecule has 128 valence electrons. The topological polar surface area (TPSA) is 98.7 Å². The van der Waals surface area contributed by atoms with E-state index >= 15 is 0 Å². The highest BCUT2D eigenvalue weighted by molar-refractivity contribution is 9.10. The Morgan fingerprint density at radius 1 is 1.12 bits per heavy atom. The summed E-state index contributed by atoms with van der Waals surface area (Å²) in [6.07, 6.45) is 1.66. The van der Waals surface area contributed by atoms with Crippen molar-refractivity contribution < 1.29 is 9.32 Å². The lowest BCUT2D eigenvalue weighted by Gasteiger charge is -2.01. The molecule has 0 atom stereocenters. The van der Waals surface area contributed by atoms with Gasteiger partial charge in [0.05, 0.1) is 11.9 Å². The lowest BCUT2D eigenvalue weighted by atomic mass is 10.3. The van der Waals surface area contributed by atoms with Crippen molar-refractivity contribution in [3.63, 3.8) is 0 Å². The molecule has 8 nitrogen and oxygen atoms in total. The van der Waals surface area contributed by atoms with Gasteiger partial charge in [0, 0.05) is 10.2 Å². The third-order valence-electron chi connectivity index (χ3n) is 3.45. The van der Waals surface area contributed by atoms with Gasteiger partial charge in [-0.1, -0.05) is 50.6 Å². The van der Waals surface area contributed by atoms with Gasteiger partial charge in [-0.05, 0) is 30.3 Å². The quantitative estimate of drug-likeness (QED) is 0.553. The number of amides is 1. The van der Waals surface area contributed by atoms with Crippen LogP contribution in [0.1, 0.15) is 10.7 Å². The third-order valence-corrected chi connectivity index (χ3v) is 3.94. The van der Waals surface area contributed by atoms with Crippen LogP contribution in [0.2, 0.25) is 0 Å². The molecule has 4 aromatic rings. The van der Waals surface area contributed by atoms with Crippen LogP contribution < -0.4 is 5.32 Å². The number of aromatic nitrogens is 5. The summed E-state index contributed by atoms with van der Waals surface area (Å²) < 4.78 is 7.47. The highest BCUT2D eigenvalue weighted by Gasteiger charge is 2.18. The fourth-order valence-electron chi connectivity index (χ4n) is 2.24. The predicted molar refractivity (Wildman–Crippen MR) is 96.7 cm³/mol. The molecule has 0 aliphatic carbocycles. The van der Waals surface area contributed by atoms with Crippen LogP contribution in [0, 0.1) is 0 Å². The number of para-hydroxylation sites is 1. The summed E-state index contributed by atoms with van der Waals surface area (Å²) in [6.45, 7) is 0. The summed E-state index contributed by atoms with van der Waals surface area (Å²) in [6, 6.07) is 16.7. The van der Waals surface area contributed by atoms with Crippen molar-refractivity contribution in [3.8, 4) is 17.2 Å². The zero-order chi connectivity index (χ0) is 17.9. The molecule has 0 bridgehead atoms. The van der Waals surface area contributed by atoms with Gasteiger partial charge in [-0.15, -0.1) is 5.10 Å². The van der Waals surface area contributed by atoms with Gasteiger partial charge in [0.15, 0.2) is 5.69 Å². The Morgan fingerprint density at radius 2 is 1.96 bits per heavy atom. The number of benzene rings is 2. The molecule has 2 aromatic carbocycles. The lowest BCUT2D eigenvalue weighted by molar-refractivity contribution is 0.0981. The number of nitrogens with zero attached hydrogens (tertiary/aromatic N) is 5. The summed E-state index contributed by atoms with van der Waals surface area (Å²) in [7, 11) is 0. The number of hydrogen-bond acceptors (Lipinski definition) is 6. The van der Waals surface area contributed by atoms with Crippen LogP contribution in [0.5, 0.6) is 0 Å². The van der Waals surface area contributed by atoms with Gasteiger partial charge in [-0.3, -0.25) is 4.79 Å². The Morgan fingerprint density at radius 3 is 2.77 bits per heavy atom. The van der Waals surface area contributed by atoms with Crippen LogP contribution >= 0.6 is 15.9 Å². The number of carbonyl (C=O) groups is 1. The Hall–Kier alpha value is -3.33. The molecule has 0 spiro atoms. The highest BCUT2D eigenvalue weighted by Crippen LogP contribution is 2.18. The van der Waals surface area contributed by atoms with Gasteiger partial charge in [0.1, 0.15) is 0 Å². The van der Waals surface area contributed by atoms with Gasteiger partial charge in [0.2, 0.25) is 5.82 Å². The van der Waals surface area contributed by atoms with Crippen LogP contribution in [0.3, 0.4) is 0 Å². The lowest BCUT2D eigenvalue weighted by Crippen LogP contribution is -2.12. The maximum atomic E-state index is 12.2. The maximum Gasteiger partial charge on any atom is 0.316 e. The minimum absolute atomic E-state index is 0.158. The molecule has 0 aliphatic rings. The van der Waals surface area contributed by atoms with Crippen molar-refractivity contribution in [2.24, 2.45) is 0 Å². The van der Waals surface area contributed by atoms with Crippen LogP contribution in [0.25, 0.3) is 17.2 Å². The Kier molecular flexibility index (Phi) is 4.28. The smallest absolute Gasteiger partial charge is 0.316 e. The number of hydrogen-bond donors (Lipinski definition) is 1. The van der Waals surface area contributed by atoms with Crippen LogP contribution in [-0.2, 0) is 0 Å². The molecule has 0 aliphatic heterocycles. The fraction of sp³-hybridized carbons (Fsp3) is 0. The second kappa shape index (κ2) is 6.89. The molecule has 0 saturated heterocycles. The van der Waals surface area contributed by atoms with E-state index in [4.69, 9.17) is 4.52 Å². The van der Waals surface area contributed by atoms with Gasteiger partial charge in [-0.2, -0.15) is 4.98 Å². The second-order valence-electron chi connectivity index (χ2n) is 5.27. The van der Waals surface area contributed by atoms with Gasteiger partial charge < -0.3 is 9.84 Å². The number of nitrogens with one attached hydrogen (secondary N) is 1. The van der Waals surface area contributed by atoms with Crippen molar-refractivity contribution in [1.82, 2.24) is 25.1 Å². The van der Waals surface area contributed by atoms with Gasteiger partial charge in [-0.25, -0.2) is 4.68 Å². The van der Waals surface area contributed by atoms with E-state index < -0.39 is 5.91 Å². The number of rotatable bonds is 4. The van der Waals surface area contributed by atoms with E-state index in [1.807, 2.05) is 36.4 Å². The van der Waals surface area contributed by atoms with E-state index in [1.54, 1.807) is 29.1 Å². The average molecular weight is 411 g/mol. The Balaban J connectivity index is 1.53. The van der Waals surface area contributed by atoms with Crippen LogP contribution in [-0.4, -0.2) is 31.0 Å². The minimum Gasteiger partial charge on any atom is -0.328 e. The summed E-state index contributed by atoms with van der Waals surface area (Å²) in [5.74, 6) is -0.474. The standard InChI is InChI=1S/C17H11BrN6O2/c18-11-5-4-6-12(9-11)19-16(25)17-20-15(22-26-17)14-10-24(23-21-14)13-7-2-1-3-8-13/h1-10H,(H,19,25). The fourth-order valence-corrected chi connectivity index (χ4v) is 2.64. The van der Waals surface area contributed by atoms with Crippen molar-refractivity contribution in [3.05, 3.63) is 71.2 Å². The maximum absolute atomic E-state index is 12.2. The molecular formula is C17H11BrN6O2. The SMILES string of the molecule is O=C(Nc1cccc(Br)c1)c1nc(-c2cn(-c3ccccc3)nn2)no1. The second-order valence-corrected chi connectivity index (χ2v) is 6.19. The summed E-state index contributed by atoms with van der Waals surface area (Å²) >= 11 is 3.34. The van der Waals surface area contributed by atoms with E-state index in [1.165, 1.54) is 0 Å². The summed E-state index contributed by atoms with van der Waals surface area (Å²) in [4.78, 5) is 16.3. The van der Waals surface area contributed by atoms with Gasteiger partial charge >= 0.3 is 11.8 Å². The summed E-state index contributed by atoms with van der Waals surface area (Å²) in [5.41, 5.74) is 1.86. The molecule has 2 heterocycles. The Bertz CT molecular complexity index is 1060. The van der Waals surface area contributed by atoms with Crippen molar-refractivity contribution in [2.75, 3.05) is 5.32 Å². The number of anilines is 1. The van der Waals surface area contributed by atoms with Crippen molar-refractivity contribution in [2.45, 2.75) is 0 Å². The third kappa shape index (κ3) is 3.38. The molecule has 0 fully saturated rings. The molecular weight excluding hydrogens is 400 g/mol. The van der Waals surface area contributed by atoms with Crippen molar-refractivity contribution in [1.29, 1.82) is 0 Å². The normalized spacial score (nSPS) is 10.7. The molecule has 0 radical (unpaired) electrons. The van der Waals surface area contributed by atoms with E-state index in [0.29, 0.717) is 11.4 Å². The Labute approximate surface area is 156 Å². The molecule has 0 unspecified atom stereocenters. The van der Waals surface area contributed by atoms with Crippen molar-refractivity contribution >= 4 is 27.5 Å². The first-order valence-electron chi connectivity index (χ1n) is 7.58. The molecule has 1 amide bonds. The number of carbonyl (C=O) groups excluding carboxylic acids is 1. The monoisotopic (exact) mass is 410 g/mol. The minimum atomic E-state index is -0.502. The van der Waals surface area contributed by atoms with E-state index in [0.717, 1.165) is 10.2 Å². The van der Waals surface area contributed by atoms with E-state index in [2.05, 4.69) is 41.7 Å². The number of halogens is 1. The predicted octanol–water partition coefficient (Wildman–Crippen LogP) is 3.33. The van der Waals surface area contributed by atoms with E-state index in [9.17, 15) is 4.79 Å². The molecule has 0 saturated carbocycles. The molecule has 9 heteroatoms. The van der Waals surface area contributed by atoms with Gasteiger partial charge in [0.25, 0.3) is 0 Å². The van der Waals surface area contributed by atoms with Crippen LogP contribution in [0.4, 0.5) is 5.69 Å². The average Bonchev–Trinajstić information content (AvgIpc) is 3.32. The largest absolute Gasteiger partial charge is 0.328 e.